The second-order valence-corrected chi connectivity index (χ2v) is 14.4. The van der Waals surface area contributed by atoms with Gasteiger partial charge >= 0.3 is 8.59 Å². The summed E-state index contributed by atoms with van der Waals surface area (Å²) >= 11 is 0. The SMILES string of the molecule is C[Si](C)(C)[Si](F)(F)F. The first-order chi connectivity index (χ1) is 3.25. The van der Waals surface area contributed by atoms with Crippen LogP contribution in [0.2, 0.25) is 19.6 Å². The molecule has 0 bridgehead atoms. The van der Waals surface area contributed by atoms with Crippen LogP contribution in [-0.2, 0) is 0 Å². The predicted octanol–water partition coefficient (Wildman–Crippen LogP) is 2.25. The molecule has 0 aliphatic rings. The van der Waals surface area contributed by atoms with Crippen molar-refractivity contribution in [2.24, 2.45) is 0 Å². The lowest BCUT2D eigenvalue weighted by Gasteiger charge is -2.15. The Kier molecular flexibility index (Phi) is 1.93. The zero-order valence-corrected chi connectivity index (χ0v) is 7.13. The molecular weight excluding hydrogens is 149 g/mol. The highest BCUT2D eigenvalue weighted by molar-refractivity contribution is 7.32. The molecule has 0 atom stereocenters. The van der Waals surface area contributed by atoms with E-state index in [0.717, 1.165) is 0 Å². The van der Waals surface area contributed by atoms with Crippen molar-refractivity contribution >= 4 is 16.2 Å². The summed E-state index contributed by atoms with van der Waals surface area (Å²) in [5.41, 5.74) is 0. The lowest BCUT2D eigenvalue weighted by molar-refractivity contribution is 0.508. The third-order valence-electron chi connectivity index (χ3n) is 0.850. The first kappa shape index (κ1) is 8.22. The standard InChI is InChI=1S/C3H9F3Si2/c1-7(2,3)8(4,5)6/h1-3H3. The minimum atomic E-state index is -5.22. The van der Waals surface area contributed by atoms with Crippen molar-refractivity contribution in [3.63, 3.8) is 0 Å². The average Bonchev–Trinajstić information content (AvgIpc) is 1.25. The fraction of sp³-hybridized carbons (Fsp3) is 1.00. The first-order valence-corrected chi connectivity index (χ1v) is 8.45. The molecule has 0 aliphatic carbocycles. The molecule has 0 unspecified atom stereocenters. The van der Waals surface area contributed by atoms with E-state index in [2.05, 4.69) is 0 Å². The summed E-state index contributed by atoms with van der Waals surface area (Å²) in [6, 6.07) is 0. The summed E-state index contributed by atoms with van der Waals surface area (Å²) in [7, 11) is -7.94. The highest BCUT2D eigenvalue weighted by atomic mass is 29.3. The van der Waals surface area contributed by atoms with Gasteiger partial charge in [-0.25, -0.2) is 12.3 Å². The normalized spacial score (nSPS) is 14.2. The maximum absolute atomic E-state index is 11.8. The van der Waals surface area contributed by atoms with Crippen molar-refractivity contribution in [3.8, 4) is 0 Å². The van der Waals surface area contributed by atoms with Crippen molar-refractivity contribution in [2.45, 2.75) is 19.6 Å². The van der Waals surface area contributed by atoms with Gasteiger partial charge in [-0.2, -0.15) is 0 Å². The maximum atomic E-state index is 11.8. The van der Waals surface area contributed by atoms with E-state index >= 15 is 0 Å². The highest BCUT2D eigenvalue weighted by Crippen LogP contribution is 2.22. The van der Waals surface area contributed by atoms with Crippen LogP contribution in [0, 0.1) is 0 Å². The van der Waals surface area contributed by atoms with Gasteiger partial charge in [0.15, 0.2) is 7.59 Å². The summed E-state index contributed by atoms with van der Waals surface area (Å²) in [4.78, 5) is 0. The van der Waals surface area contributed by atoms with Crippen molar-refractivity contribution in [1.82, 2.24) is 0 Å². The molecule has 0 aromatic heterocycles. The average molecular weight is 158 g/mol. The Balaban J connectivity index is 4.02. The topological polar surface area (TPSA) is 0 Å². The molecule has 0 aromatic carbocycles. The number of halogens is 3. The van der Waals surface area contributed by atoms with Crippen LogP contribution in [0.25, 0.3) is 0 Å². The van der Waals surface area contributed by atoms with E-state index in [1.165, 1.54) is 19.6 Å². The van der Waals surface area contributed by atoms with Crippen LogP contribution in [0.1, 0.15) is 0 Å². The Bertz CT molecular complexity index is 67.5. The van der Waals surface area contributed by atoms with Gasteiger partial charge in [-0.3, -0.25) is 0 Å². The van der Waals surface area contributed by atoms with Crippen LogP contribution in [0.5, 0.6) is 0 Å². The number of rotatable bonds is 1. The van der Waals surface area contributed by atoms with Gasteiger partial charge in [-0.1, -0.05) is 19.6 Å². The van der Waals surface area contributed by atoms with Crippen molar-refractivity contribution in [1.29, 1.82) is 0 Å². The molecule has 0 rings (SSSR count). The second kappa shape index (κ2) is 1.87. The Labute approximate surface area is 49.0 Å². The smallest absolute Gasteiger partial charge is 0.241 e. The van der Waals surface area contributed by atoms with Crippen LogP contribution >= 0.6 is 0 Å². The third-order valence-corrected chi connectivity index (χ3v) is 7.65. The highest BCUT2D eigenvalue weighted by Gasteiger charge is 2.51. The summed E-state index contributed by atoms with van der Waals surface area (Å²) in [6.45, 7) is 4.04. The molecule has 5 heteroatoms. The summed E-state index contributed by atoms with van der Waals surface area (Å²) in [6.07, 6.45) is 0. The first-order valence-electron chi connectivity index (χ1n) is 2.32. The monoisotopic (exact) mass is 158 g/mol. The van der Waals surface area contributed by atoms with Crippen LogP contribution in [0.3, 0.4) is 0 Å². The molecule has 0 fully saturated rings. The molecule has 0 radical (unpaired) electrons. The van der Waals surface area contributed by atoms with E-state index in [1.807, 2.05) is 0 Å². The Morgan fingerprint density at radius 3 is 1.00 bits per heavy atom. The predicted molar refractivity (Wildman–Crippen MR) is 32.4 cm³/mol. The number of hydrogen-bond acceptors (Lipinski definition) is 0. The van der Waals surface area contributed by atoms with Crippen LogP contribution < -0.4 is 0 Å². The largest absolute Gasteiger partial charge is 0.580 e. The van der Waals surface area contributed by atoms with Crippen molar-refractivity contribution < 1.29 is 12.3 Å². The van der Waals surface area contributed by atoms with E-state index in [-0.39, 0.29) is 0 Å². The van der Waals surface area contributed by atoms with Crippen molar-refractivity contribution in [2.75, 3.05) is 0 Å². The maximum Gasteiger partial charge on any atom is 0.580 e. The van der Waals surface area contributed by atoms with Gasteiger partial charge in [0, 0.05) is 0 Å². The lowest BCUT2D eigenvalue weighted by Crippen LogP contribution is -2.46. The third kappa shape index (κ3) is 2.00. The minimum Gasteiger partial charge on any atom is -0.241 e. The van der Waals surface area contributed by atoms with Crippen LogP contribution in [0.4, 0.5) is 12.3 Å². The molecule has 50 valence electrons. The van der Waals surface area contributed by atoms with Gasteiger partial charge in [0.25, 0.3) is 0 Å². The molecule has 0 saturated carbocycles. The molecular formula is C3H9F3Si2. The van der Waals surface area contributed by atoms with Gasteiger partial charge in [-0.15, -0.1) is 0 Å². The summed E-state index contributed by atoms with van der Waals surface area (Å²) in [5, 5.41) is 0. The minimum absolute atomic E-state index is 1.35. The molecule has 0 nitrogen and oxygen atoms in total. The summed E-state index contributed by atoms with van der Waals surface area (Å²) in [5.74, 6) is 0. The Morgan fingerprint density at radius 1 is 0.875 bits per heavy atom. The van der Waals surface area contributed by atoms with E-state index < -0.39 is 16.2 Å². The molecule has 0 N–H and O–H groups in total. The van der Waals surface area contributed by atoms with Gasteiger partial charge in [0.1, 0.15) is 0 Å². The van der Waals surface area contributed by atoms with Crippen LogP contribution in [-0.4, -0.2) is 16.2 Å². The quantitative estimate of drug-likeness (QED) is 0.405. The molecule has 0 aliphatic heterocycles. The van der Waals surface area contributed by atoms with Gasteiger partial charge < -0.3 is 0 Å². The zero-order chi connectivity index (χ0) is 7.00. The molecule has 0 amide bonds. The van der Waals surface area contributed by atoms with E-state index in [1.54, 1.807) is 0 Å². The molecule has 0 spiro atoms. The molecule has 8 heavy (non-hydrogen) atoms. The Morgan fingerprint density at radius 2 is 1.00 bits per heavy atom. The lowest BCUT2D eigenvalue weighted by atomic mass is 11.8. The van der Waals surface area contributed by atoms with E-state index in [9.17, 15) is 12.3 Å². The Hall–Kier alpha value is 0.224. The fourth-order valence-corrected chi connectivity index (χ4v) is 0. The summed E-state index contributed by atoms with van der Waals surface area (Å²) < 4.78 is 35.3. The molecule has 0 aromatic rings. The van der Waals surface area contributed by atoms with Gasteiger partial charge in [0.05, 0.1) is 0 Å². The fourth-order valence-electron chi connectivity index (χ4n) is 0. The zero-order valence-electron chi connectivity index (χ0n) is 5.13. The van der Waals surface area contributed by atoms with Crippen LogP contribution in [0.15, 0.2) is 0 Å². The van der Waals surface area contributed by atoms with Crippen molar-refractivity contribution in [3.05, 3.63) is 0 Å². The van der Waals surface area contributed by atoms with Gasteiger partial charge in [0.2, 0.25) is 0 Å². The molecule has 0 heterocycles. The molecule has 0 saturated heterocycles. The van der Waals surface area contributed by atoms with E-state index in [0.29, 0.717) is 0 Å². The number of hydrogen-bond donors (Lipinski definition) is 0. The van der Waals surface area contributed by atoms with E-state index in [4.69, 9.17) is 0 Å². The second-order valence-electron chi connectivity index (χ2n) is 2.75. The van der Waals surface area contributed by atoms with Gasteiger partial charge in [-0.05, 0) is 0 Å².